The largest absolute Gasteiger partial charge is 0.317 e. The van der Waals surface area contributed by atoms with Crippen LogP contribution in [0.3, 0.4) is 0 Å². The van der Waals surface area contributed by atoms with Crippen LogP contribution in [0.2, 0.25) is 0 Å². The van der Waals surface area contributed by atoms with E-state index in [9.17, 15) is 0 Å². The Bertz CT molecular complexity index is 291. The molecule has 1 aliphatic rings. The first-order valence-corrected chi connectivity index (χ1v) is 6.01. The molecule has 1 aromatic carbocycles. The topological polar surface area (TPSA) is 24.1 Å². The van der Waals surface area contributed by atoms with Gasteiger partial charge in [-0.15, -0.1) is 12.6 Å². The summed E-state index contributed by atoms with van der Waals surface area (Å²) in [5.74, 6) is 0. The summed E-state index contributed by atoms with van der Waals surface area (Å²) >= 11 is 4.27. The molecule has 0 radical (unpaired) electrons. The predicted octanol–water partition coefficient (Wildman–Crippen LogP) is 1.82. The summed E-state index contributed by atoms with van der Waals surface area (Å²) in [7, 11) is 0. The van der Waals surface area contributed by atoms with Gasteiger partial charge in [-0.05, 0) is 43.6 Å². The molecule has 0 aromatic heterocycles. The van der Waals surface area contributed by atoms with Crippen molar-refractivity contribution >= 4 is 12.6 Å². The summed E-state index contributed by atoms with van der Waals surface area (Å²) in [4.78, 5) is 1.03. The summed E-state index contributed by atoms with van der Waals surface area (Å²) in [6, 6.07) is 9.04. The molecule has 0 atom stereocenters. The molecule has 1 aliphatic heterocycles. The van der Waals surface area contributed by atoms with Gasteiger partial charge in [-0.2, -0.15) is 0 Å². The van der Waals surface area contributed by atoms with Crippen LogP contribution < -0.4 is 10.6 Å². The Balaban J connectivity index is 1.79. The Morgan fingerprint density at radius 2 is 1.87 bits per heavy atom. The van der Waals surface area contributed by atoms with Crippen LogP contribution in [0.5, 0.6) is 0 Å². The molecule has 1 fully saturated rings. The molecule has 0 amide bonds. The third-order valence-corrected chi connectivity index (χ3v) is 3.17. The van der Waals surface area contributed by atoms with Crippen LogP contribution >= 0.6 is 12.6 Å². The molecule has 3 heteroatoms. The minimum atomic E-state index is 0.682. The molecule has 0 spiro atoms. The lowest BCUT2D eigenvalue weighted by molar-refractivity contribution is 0.386. The molecule has 0 bridgehead atoms. The van der Waals surface area contributed by atoms with Gasteiger partial charge in [0.05, 0.1) is 0 Å². The lowest BCUT2D eigenvalue weighted by Crippen LogP contribution is -2.39. The minimum Gasteiger partial charge on any atom is -0.317 e. The van der Waals surface area contributed by atoms with Crippen molar-refractivity contribution in [1.82, 2.24) is 10.6 Å². The fraction of sp³-hybridized carbons (Fsp3) is 0.500. The van der Waals surface area contributed by atoms with Crippen LogP contribution in [-0.2, 0) is 6.54 Å². The zero-order valence-corrected chi connectivity index (χ0v) is 9.76. The zero-order valence-electron chi connectivity index (χ0n) is 8.87. The highest BCUT2D eigenvalue weighted by Crippen LogP contribution is 2.09. The highest BCUT2D eigenvalue weighted by Gasteiger charge is 2.11. The van der Waals surface area contributed by atoms with E-state index < -0.39 is 0 Å². The van der Waals surface area contributed by atoms with E-state index in [1.54, 1.807) is 0 Å². The lowest BCUT2D eigenvalue weighted by Gasteiger charge is -2.23. The highest BCUT2D eigenvalue weighted by atomic mass is 32.1. The molecular formula is C12H18N2S. The van der Waals surface area contributed by atoms with Gasteiger partial charge in [0.25, 0.3) is 0 Å². The maximum Gasteiger partial charge on any atom is 0.0208 e. The second kappa shape index (κ2) is 5.54. The number of hydrogen-bond donors (Lipinski definition) is 3. The Kier molecular flexibility index (Phi) is 4.06. The molecule has 2 nitrogen and oxygen atoms in total. The van der Waals surface area contributed by atoms with Gasteiger partial charge in [0.1, 0.15) is 0 Å². The summed E-state index contributed by atoms with van der Waals surface area (Å²) in [6.45, 7) is 3.26. The second-order valence-electron chi connectivity index (χ2n) is 4.07. The average molecular weight is 222 g/mol. The maximum atomic E-state index is 4.27. The number of hydrogen-bond acceptors (Lipinski definition) is 3. The van der Waals surface area contributed by atoms with Gasteiger partial charge in [-0.25, -0.2) is 0 Å². The number of rotatable bonds is 3. The Morgan fingerprint density at radius 1 is 1.20 bits per heavy atom. The highest BCUT2D eigenvalue weighted by molar-refractivity contribution is 7.80. The summed E-state index contributed by atoms with van der Waals surface area (Å²) in [5.41, 5.74) is 1.34. The Morgan fingerprint density at radius 3 is 2.53 bits per heavy atom. The maximum absolute atomic E-state index is 4.27. The van der Waals surface area contributed by atoms with Crippen molar-refractivity contribution in [2.75, 3.05) is 13.1 Å². The van der Waals surface area contributed by atoms with E-state index >= 15 is 0 Å². The van der Waals surface area contributed by atoms with Crippen LogP contribution in [0.15, 0.2) is 29.2 Å². The van der Waals surface area contributed by atoms with E-state index in [0.29, 0.717) is 6.04 Å². The van der Waals surface area contributed by atoms with Gasteiger partial charge in [-0.3, -0.25) is 0 Å². The van der Waals surface area contributed by atoms with Gasteiger partial charge < -0.3 is 10.6 Å². The van der Waals surface area contributed by atoms with E-state index in [1.165, 1.54) is 18.4 Å². The summed E-state index contributed by atoms with van der Waals surface area (Å²) in [5, 5.41) is 6.96. The second-order valence-corrected chi connectivity index (χ2v) is 4.59. The molecule has 2 rings (SSSR count). The molecule has 1 saturated heterocycles. The third kappa shape index (κ3) is 3.52. The summed E-state index contributed by atoms with van der Waals surface area (Å²) < 4.78 is 0. The molecule has 82 valence electrons. The lowest BCUT2D eigenvalue weighted by atomic mass is 10.1. The number of benzene rings is 1. The van der Waals surface area contributed by atoms with Gasteiger partial charge >= 0.3 is 0 Å². The van der Waals surface area contributed by atoms with Crippen molar-refractivity contribution < 1.29 is 0 Å². The van der Waals surface area contributed by atoms with E-state index in [0.717, 1.165) is 24.5 Å². The molecule has 0 aliphatic carbocycles. The number of piperidine rings is 1. The molecule has 1 aromatic rings. The third-order valence-electron chi connectivity index (χ3n) is 2.87. The van der Waals surface area contributed by atoms with E-state index in [1.807, 2.05) is 12.1 Å². The quantitative estimate of drug-likeness (QED) is 0.680. The fourth-order valence-electron chi connectivity index (χ4n) is 1.90. The van der Waals surface area contributed by atoms with Gasteiger partial charge in [0, 0.05) is 17.5 Å². The predicted molar refractivity (Wildman–Crippen MR) is 66.4 cm³/mol. The number of thiol groups is 1. The SMILES string of the molecule is Sc1ccc(CNC2CCNCC2)cc1. The van der Waals surface area contributed by atoms with E-state index in [2.05, 4.69) is 35.4 Å². The normalized spacial score (nSPS) is 17.9. The van der Waals surface area contributed by atoms with Crippen LogP contribution in [-0.4, -0.2) is 19.1 Å². The van der Waals surface area contributed by atoms with Crippen LogP contribution in [0.4, 0.5) is 0 Å². The first kappa shape index (κ1) is 11.0. The van der Waals surface area contributed by atoms with Crippen molar-refractivity contribution in [1.29, 1.82) is 0 Å². The first-order valence-electron chi connectivity index (χ1n) is 5.56. The smallest absolute Gasteiger partial charge is 0.0208 e. The fourth-order valence-corrected chi connectivity index (χ4v) is 2.05. The van der Waals surface area contributed by atoms with E-state index in [4.69, 9.17) is 0 Å². The van der Waals surface area contributed by atoms with Crippen molar-refractivity contribution in [3.05, 3.63) is 29.8 Å². The molecule has 0 unspecified atom stereocenters. The first-order chi connectivity index (χ1) is 7.34. The Hall–Kier alpha value is -0.510. The molecule has 1 heterocycles. The molecule has 0 saturated carbocycles. The van der Waals surface area contributed by atoms with Crippen molar-refractivity contribution in [2.45, 2.75) is 30.3 Å². The van der Waals surface area contributed by atoms with Crippen LogP contribution in [0, 0.1) is 0 Å². The average Bonchev–Trinajstić information content (AvgIpc) is 2.30. The van der Waals surface area contributed by atoms with Gasteiger partial charge in [0.2, 0.25) is 0 Å². The standard InChI is InChI=1S/C12H18N2S/c15-12-3-1-10(2-4-12)9-14-11-5-7-13-8-6-11/h1-4,11,13-15H,5-9H2. The van der Waals surface area contributed by atoms with E-state index in [-0.39, 0.29) is 0 Å². The molecule has 15 heavy (non-hydrogen) atoms. The van der Waals surface area contributed by atoms with Crippen LogP contribution in [0.25, 0.3) is 0 Å². The van der Waals surface area contributed by atoms with Gasteiger partial charge in [0.15, 0.2) is 0 Å². The zero-order chi connectivity index (χ0) is 10.5. The number of nitrogens with one attached hydrogen (secondary N) is 2. The Labute approximate surface area is 96.9 Å². The molecule has 2 N–H and O–H groups in total. The van der Waals surface area contributed by atoms with Crippen molar-refractivity contribution in [3.8, 4) is 0 Å². The van der Waals surface area contributed by atoms with Gasteiger partial charge in [-0.1, -0.05) is 12.1 Å². The summed E-state index contributed by atoms with van der Waals surface area (Å²) in [6.07, 6.45) is 2.48. The van der Waals surface area contributed by atoms with Crippen molar-refractivity contribution in [2.24, 2.45) is 0 Å². The van der Waals surface area contributed by atoms with Crippen LogP contribution in [0.1, 0.15) is 18.4 Å². The monoisotopic (exact) mass is 222 g/mol. The molecular weight excluding hydrogens is 204 g/mol. The minimum absolute atomic E-state index is 0.682. The van der Waals surface area contributed by atoms with Crippen molar-refractivity contribution in [3.63, 3.8) is 0 Å².